The van der Waals surface area contributed by atoms with Gasteiger partial charge in [-0.1, -0.05) is 11.6 Å². The molecule has 1 aromatic carbocycles. The second-order valence-electron chi connectivity index (χ2n) is 5.55. The van der Waals surface area contributed by atoms with E-state index in [0.29, 0.717) is 29.4 Å². The predicted molar refractivity (Wildman–Crippen MR) is 88.2 cm³/mol. The molecule has 0 saturated carbocycles. The van der Waals surface area contributed by atoms with Gasteiger partial charge in [-0.25, -0.2) is 4.79 Å². The van der Waals surface area contributed by atoms with Crippen LogP contribution in [0.3, 0.4) is 0 Å². The molecule has 126 valence electrons. The number of carbonyl (C=O) groups is 2. The monoisotopic (exact) mass is 340 g/mol. The topological polar surface area (TPSA) is 78.9 Å². The minimum absolute atomic E-state index is 0.0516. The maximum absolute atomic E-state index is 12.5. The average molecular weight is 341 g/mol. The van der Waals surface area contributed by atoms with E-state index in [2.05, 4.69) is 5.32 Å². The average Bonchev–Trinajstić information content (AvgIpc) is 2.55. The van der Waals surface area contributed by atoms with Crippen molar-refractivity contribution in [2.45, 2.75) is 38.1 Å². The summed E-state index contributed by atoms with van der Waals surface area (Å²) in [5.41, 5.74) is 0.485. The van der Waals surface area contributed by atoms with Crippen LogP contribution < -0.4 is 10.1 Å². The Balaban J connectivity index is 2.06. The number of hydrogen-bond donors (Lipinski definition) is 2. The summed E-state index contributed by atoms with van der Waals surface area (Å²) in [5, 5.41) is 12.1. The first-order chi connectivity index (χ1) is 11.0. The van der Waals surface area contributed by atoms with Crippen molar-refractivity contribution in [1.82, 2.24) is 4.90 Å². The van der Waals surface area contributed by atoms with Gasteiger partial charge >= 0.3 is 12.0 Å². The lowest BCUT2D eigenvalue weighted by Gasteiger charge is -2.35. The number of halogens is 1. The van der Waals surface area contributed by atoms with Gasteiger partial charge in [-0.15, -0.1) is 0 Å². The number of carboxylic acids is 1. The lowest BCUT2D eigenvalue weighted by atomic mass is 9.98. The Labute approximate surface area is 140 Å². The summed E-state index contributed by atoms with van der Waals surface area (Å²) < 4.78 is 5.13. The first-order valence-electron chi connectivity index (χ1n) is 7.64. The Morgan fingerprint density at radius 3 is 2.91 bits per heavy atom. The van der Waals surface area contributed by atoms with E-state index in [1.807, 2.05) is 0 Å². The molecule has 2 amide bonds. The van der Waals surface area contributed by atoms with Crippen LogP contribution in [0.15, 0.2) is 18.2 Å². The molecule has 7 heteroatoms. The van der Waals surface area contributed by atoms with Gasteiger partial charge in [-0.3, -0.25) is 4.79 Å². The molecule has 23 heavy (non-hydrogen) atoms. The Morgan fingerprint density at radius 2 is 2.22 bits per heavy atom. The van der Waals surface area contributed by atoms with Crippen LogP contribution in [0.5, 0.6) is 5.75 Å². The normalized spacial score (nSPS) is 17.7. The maximum atomic E-state index is 12.5. The molecule has 1 heterocycles. The maximum Gasteiger partial charge on any atom is 0.322 e. The number of piperidine rings is 1. The molecule has 0 spiro atoms. The number of benzene rings is 1. The molecule has 1 aliphatic rings. The van der Waals surface area contributed by atoms with Crippen LogP contribution in [0, 0.1) is 0 Å². The van der Waals surface area contributed by atoms with E-state index >= 15 is 0 Å². The number of amides is 2. The van der Waals surface area contributed by atoms with Gasteiger partial charge in [0.05, 0.1) is 17.8 Å². The summed E-state index contributed by atoms with van der Waals surface area (Å²) in [6, 6.07) is 4.73. The summed E-state index contributed by atoms with van der Waals surface area (Å²) in [6.07, 6.45) is 3.28. The zero-order valence-corrected chi connectivity index (χ0v) is 13.8. The van der Waals surface area contributed by atoms with Gasteiger partial charge in [0.1, 0.15) is 5.75 Å². The van der Waals surface area contributed by atoms with E-state index in [1.54, 1.807) is 30.2 Å². The minimum atomic E-state index is -0.841. The molecule has 1 atom stereocenters. The van der Waals surface area contributed by atoms with Gasteiger partial charge in [0.25, 0.3) is 0 Å². The highest BCUT2D eigenvalue weighted by atomic mass is 35.5. The molecule has 1 aliphatic heterocycles. The number of carboxylic acid groups (broad SMARTS) is 1. The van der Waals surface area contributed by atoms with Crippen molar-refractivity contribution in [2.75, 3.05) is 19.0 Å². The van der Waals surface area contributed by atoms with Crippen LogP contribution in [0.1, 0.15) is 32.1 Å². The molecule has 1 aromatic rings. The van der Waals surface area contributed by atoms with E-state index in [4.69, 9.17) is 21.4 Å². The summed E-state index contributed by atoms with van der Waals surface area (Å²) in [4.78, 5) is 25.0. The van der Waals surface area contributed by atoms with Crippen LogP contribution in [0.2, 0.25) is 5.02 Å². The Morgan fingerprint density at radius 1 is 1.43 bits per heavy atom. The second-order valence-corrected chi connectivity index (χ2v) is 5.96. The van der Waals surface area contributed by atoms with Crippen molar-refractivity contribution in [3.63, 3.8) is 0 Å². The van der Waals surface area contributed by atoms with Crippen LogP contribution in [-0.4, -0.2) is 41.7 Å². The molecule has 1 saturated heterocycles. The first kappa shape index (κ1) is 17.4. The molecule has 2 rings (SSSR count). The predicted octanol–water partition coefficient (Wildman–Crippen LogP) is 3.60. The third-order valence-corrected chi connectivity index (χ3v) is 4.32. The van der Waals surface area contributed by atoms with Crippen molar-refractivity contribution in [2.24, 2.45) is 0 Å². The van der Waals surface area contributed by atoms with E-state index in [0.717, 1.165) is 19.3 Å². The van der Waals surface area contributed by atoms with Crippen molar-refractivity contribution in [3.8, 4) is 5.75 Å². The standard InChI is InChI=1S/C16H21ClN2O4/c1-23-12-6-7-13(17)14(10-12)18-16(22)19-9-3-2-4-11(19)5-8-15(20)21/h6-7,10-11H,2-5,8-9H2,1H3,(H,18,22)(H,20,21). The number of urea groups is 1. The largest absolute Gasteiger partial charge is 0.497 e. The highest BCUT2D eigenvalue weighted by Crippen LogP contribution is 2.28. The van der Waals surface area contributed by atoms with Crippen molar-refractivity contribution in [1.29, 1.82) is 0 Å². The summed E-state index contributed by atoms with van der Waals surface area (Å²) in [5.74, 6) is -0.238. The number of nitrogens with zero attached hydrogens (tertiary/aromatic N) is 1. The molecular weight excluding hydrogens is 320 g/mol. The van der Waals surface area contributed by atoms with Gasteiger partial charge in [0, 0.05) is 25.1 Å². The fraction of sp³-hybridized carbons (Fsp3) is 0.500. The number of ether oxygens (including phenoxy) is 1. The molecule has 0 aromatic heterocycles. The highest BCUT2D eigenvalue weighted by Gasteiger charge is 2.27. The molecule has 6 nitrogen and oxygen atoms in total. The van der Waals surface area contributed by atoms with E-state index in [-0.39, 0.29) is 18.5 Å². The number of methoxy groups -OCH3 is 1. The van der Waals surface area contributed by atoms with Gasteiger partial charge < -0.3 is 20.1 Å². The van der Waals surface area contributed by atoms with Gasteiger partial charge in [0.15, 0.2) is 0 Å². The summed E-state index contributed by atoms with van der Waals surface area (Å²) in [6.45, 7) is 0.623. The van der Waals surface area contributed by atoms with Crippen molar-refractivity contribution in [3.05, 3.63) is 23.2 Å². The van der Waals surface area contributed by atoms with E-state index in [1.165, 1.54) is 0 Å². The fourth-order valence-corrected chi connectivity index (χ4v) is 2.94. The van der Waals surface area contributed by atoms with E-state index < -0.39 is 5.97 Å². The van der Waals surface area contributed by atoms with Crippen molar-refractivity contribution < 1.29 is 19.4 Å². The van der Waals surface area contributed by atoms with Crippen LogP contribution in [0.4, 0.5) is 10.5 Å². The van der Waals surface area contributed by atoms with E-state index in [9.17, 15) is 9.59 Å². The molecule has 1 fully saturated rings. The molecule has 0 aliphatic carbocycles. The number of carbonyl (C=O) groups excluding carboxylic acids is 1. The molecule has 2 N–H and O–H groups in total. The fourth-order valence-electron chi connectivity index (χ4n) is 2.77. The van der Waals surface area contributed by atoms with Crippen molar-refractivity contribution >= 4 is 29.3 Å². The smallest absolute Gasteiger partial charge is 0.322 e. The number of aliphatic carboxylic acids is 1. The van der Waals surface area contributed by atoms with Gasteiger partial charge in [-0.2, -0.15) is 0 Å². The molecule has 0 bridgehead atoms. The van der Waals surface area contributed by atoms with Crippen LogP contribution in [-0.2, 0) is 4.79 Å². The number of nitrogens with one attached hydrogen (secondary N) is 1. The number of hydrogen-bond acceptors (Lipinski definition) is 3. The lowest BCUT2D eigenvalue weighted by molar-refractivity contribution is -0.137. The molecule has 1 unspecified atom stereocenters. The second kappa shape index (κ2) is 8.06. The number of likely N-dealkylation sites (tertiary alicyclic amines) is 1. The summed E-state index contributed by atoms with van der Waals surface area (Å²) >= 11 is 6.11. The number of rotatable bonds is 5. The zero-order valence-electron chi connectivity index (χ0n) is 13.0. The molecular formula is C16H21ClN2O4. The Bertz CT molecular complexity index is 579. The Hall–Kier alpha value is -1.95. The Kier molecular flexibility index (Phi) is 6.10. The lowest BCUT2D eigenvalue weighted by Crippen LogP contribution is -2.46. The minimum Gasteiger partial charge on any atom is -0.497 e. The quantitative estimate of drug-likeness (QED) is 0.858. The summed E-state index contributed by atoms with van der Waals surface area (Å²) in [7, 11) is 1.54. The van der Waals surface area contributed by atoms with Crippen LogP contribution >= 0.6 is 11.6 Å². The highest BCUT2D eigenvalue weighted by molar-refractivity contribution is 6.33. The molecule has 0 radical (unpaired) electrons. The zero-order chi connectivity index (χ0) is 16.8. The third kappa shape index (κ3) is 4.76. The first-order valence-corrected chi connectivity index (χ1v) is 8.02. The van der Waals surface area contributed by atoms with Crippen LogP contribution in [0.25, 0.3) is 0 Å². The van der Waals surface area contributed by atoms with Gasteiger partial charge in [-0.05, 0) is 37.8 Å². The van der Waals surface area contributed by atoms with Gasteiger partial charge in [0.2, 0.25) is 0 Å². The SMILES string of the molecule is COc1ccc(Cl)c(NC(=O)N2CCCCC2CCC(=O)O)c1. The third-order valence-electron chi connectivity index (χ3n) is 3.99. The number of anilines is 1.